The van der Waals surface area contributed by atoms with E-state index in [1.807, 2.05) is 0 Å². The van der Waals surface area contributed by atoms with Crippen LogP contribution in [0.5, 0.6) is 0 Å². The normalized spacial score (nSPS) is 10.9. The lowest BCUT2D eigenvalue weighted by atomic mass is 9.99. The number of hydrogen-bond donors (Lipinski definition) is 0. The van der Waals surface area contributed by atoms with E-state index in [-0.39, 0.29) is 0 Å². The number of rotatable bonds is 6. The Morgan fingerprint density at radius 3 is 2.13 bits per heavy atom. The molecule has 0 spiro atoms. The summed E-state index contributed by atoms with van der Waals surface area (Å²) in [5.41, 5.74) is 2.95. The maximum atomic E-state index is 2.29. The van der Waals surface area contributed by atoms with Gasteiger partial charge in [-0.1, -0.05) is 64.3 Å². The summed E-state index contributed by atoms with van der Waals surface area (Å²) in [4.78, 5) is 0. The van der Waals surface area contributed by atoms with Crippen LogP contribution < -0.4 is 0 Å². The van der Waals surface area contributed by atoms with Crippen LogP contribution in [0.1, 0.15) is 63.5 Å². The van der Waals surface area contributed by atoms with Crippen molar-refractivity contribution in [3.8, 4) is 0 Å². The van der Waals surface area contributed by atoms with Crippen LogP contribution in [0.25, 0.3) is 0 Å². The molecule has 1 aromatic rings. The van der Waals surface area contributed by atoms with Gasteiger partial charge in [0.1, 0.15) is 0 Å². The van der Waals surface area contributed by atoms with Crippen molar-refractivity contribution in [1.29, 1.82) is 0 Å². The zero-order valence-corrected chi connectivity index (χ0v) is 10.4. The highest BCUT2D eigenvalue weighted by Gasteiger charge is 1.98. The Morgan fingerprint density at radius 2 is 1.60 bits per heavy atom. The second kappa shape index (κ2) is 6.66. The molecule has 0 aliphatic rings. The first kappa shape index (κ1) is 12.3. The Balaban J connectivity index is 2.36. The second-order valence-corrected chi connectivity index (χ2v) is 4.71. The van der Waals surface area contributed by atoms with Gasteiger partial charge < -0.3 is 0 Å². The third kappa shape index (κ3) is 4.51. The van der Waals surface area contributed by atoms with E-state index in [1.54, 1.807) is 0 Å². The summed E-state index contributed by atoms with van der Waals surface area (Å²) in [6.45, 7) is 6.75. The fourth-order valence-corrected chi connectivity index (χ4v) is 1.83. The van der Waals surface area contributed by atoms with Gasteiger partial charge in [0.2, 0.25) is 0 Å². The molecule has 0 radical (unpaired) electrons. The monoisotopic (exact) mass is 204 g/mol. The molecule has 1 aromatic carbocycles. The van der Waals surface area contributed by atoms with E-state index in [4.69, 9.17) is 0 Å². The molecule has 0 nitrogen and oxygen atoms in total. The molecule has 0 unspecified atom stereocenters. The van der Waals surface area contributed by atoms with Crippen LogP contribution in [0, 0.1) is 0 Å². The molecule has 0 aliphatic carbocycles. The van der Waals surface area contributed by atoms with Crippen molar-refractivity contribution in [2.24, 2.45) is 0 Å². The van der Waals surface area contributed by atoms with Gasteiger partial charge in [0.05, 0.1) is 0 Å². The Kier molecular flexibility index (Phi) is 5.45. The number of hydrogen-bond acceptors (Lipinski definition) is 0. The highest BCUT2D eigenvalue weighted by molar-refractivity contribution is 5.24. The average Bonchev–Trinajstić information content (AvgIpc) is 2.25. The molecule has 15 heavy (non-hydrogen) atoms. The summed E-state index contributed by atoms with van der Waals surface area (Å²) in [7, 11) is 0. The van der Waals surface area contributed by atoms with Gasteiger partial charge >= 0.3 is 0 Å². The van der Waals surface area contributed by atoms with Crippen LogP contribution in [-0.2, 0) is 6.42 Å². The fourth-order valence-electron chi connectivity index (χ4n) is 1.83. The summed E-state index contributed by atoms with van der Waals surface area (Å²) < 4.78 is 0. The summed E-state index contributed by atoms with van der Waals surface area (Å²) in [6.07, 6.45) is 6.67. The molecule has 0 atom stereocenters. The highest BCUT2D eigenvalue weighted by atomic mass is 14.0. The molecular formula is C15H24. The lowest BCUT2D eigenvalue weighted by molar-refractivity contribution is 0.666. The molecular weight excluding hydrogens is 180 g/mol. The lowest BCUT2D eigenvalue weighted by Crippen LogP contribution is -1.89. The van der Waals surface area contributed by atoms with Gasteiger partial charge in [-0.3, -0.25) is 0 Å². The third-order valence-electron chi connectivity index (χ3n) is 2.97. The maximum absolute atomic E-state index is 2.29. The van der Waals surface area contributed by atoms with E-state index in [0.717, 1.165) is 0 Å². The van der Waals surface area contributed by atoms with Crippen molar-refractivity contribution in [1.82, 2.24) is 0 Å². The molecule has 0 amide bonds. The molecule has 1 rings (SSSR count). The summed E-state index contributed by atoms with van der Waals surface area (Å²) >= 11 is 0. The summed E-state index contributed by atoms with van der Waals surface area (Å²) in [5.74, 6) is 0.652. The smallest absolute Gasteiger partial charge is 0.0219 e. The van der Waals surface area contributed by atoms with E-state index in [0.29, 0.717) is 5.92 Å². The molecule has 0 N–H and O–H groups in total. The standard InChI is InChI=1S/C15H24/c1-4-5-6-7-8-14-9-11-15(12-10-14)13(2)3/h9-13H,4-8H2,1-3H3. The maximum Gasteiger partial charge on any atom is -0.0219 e. The van der Waals surface area contributed by atoms with E-state index in [9.17, 15) is 0 Å². The quantitative estimate of drug-likeness (QED) is 0.576. The average molecular weight is 204 g/mol. The van der Waals surface area contributed by atoms with E-state index in [2.05, 4.69) is 45.0 Å². The predicted octanol–water partition coefficient (Wildman–Crippen LogP) is 4.93. The van der Waals surface area contributed by atoms with E-state index < -0.39 is 0 Å². The largest absolute Gasteiger partial charge is 0.0654 e. The van der Waals surface area contributed by atoms with Crippen molar-refractivity contribution in [3.05, 3.63) is 35.4 Å². The Morgan fingerprint density at radius 1 is 0.933 bits per heavy atom. The zero-order chi connectivity index (χ0) is 11.1. The van der Waals surface area contributed by atoms with Crippen LogP contribution in [0.4, 0.5) is 0 Å². The van der Waals surface area contributed by atoms with Gasteiger partial charge in [0.15, 0.2) is 0 Å². The number of unbranched alkanes of at least 4 members (excludes halogenated alkanes) is 3. The number of aryl methyl sites for hydroxylation is 1. The molecule has 0 fully saturated rings. The Labute approximate surface area is 94.7 Å². The lowest BCUT2D eigenvalue weighted by Gasteiger charge is -2.06. The van der Waals surface area contributed by atoms with Crippen LogP contribution in [-0.4, -0.2) is 0 Å². The molecule has 0 heteroatoms. The first-order valence-electron chi connectivity index (χ1n) is 6.33. The van der Waals surface area contributed by atoms with Gasteiger partial charge in [-0.2, -0.15) is 0 Å². The van der Waals surface area contributed by atoms with Gasteiger partial charge in [-0.25, -0.2) is 0 Å². The first-order valence-corrected chi connectivity index (χ1v) is 6.33. The molecule has 0 aromatic heterocycles. The highest BCUT2D eigenvalue weighted by Crippen LogP contribution is 2.16. The van der Waals surface area contributed by atoms with Crippen molar-refractivity contribution >= 4 is 0 Å². The van der Waals surface area contributed by atoms with Crippen LogP contribution >= 0.6 is 0 Å². The van der Waals surface area contributed by atoms with Crippen molar-refractivity contribution in [3.63, 3.8) is 0 Å². The van der Waals surface area contributed by atoms with Crippen molar-refractivity contribution in [2.75, 3.05) is 0 Å². The minimum atomic E-state index is 0.652. The van der Waals surface area contributed by atoms with Crippen LogP contribution in [0.3, 0.4) is 0 Å². The predicted molar refractivity (Wildman–Crippen MR) is 68.4 cm³/mol. The summed E-state index contributed by atoms with van der Waals surface area (Å²) in [6, 6.07) is 9.14. The van der Waals surface area contributed by atoms with Crippen LogP contribution in [0.15, 0.2) is 24.3 Å². The topological polar surface area (TPSA) is 0 Å². The Hall–Kier alpha value is -0.780. The van der Waals surface area contributed by atoms with Crippen molar-refractivity contribution < 1.29 is 0 Å². The van der Waals surface area contributed by atoms with Crippen LogP contribution in [0.2, 0.25) is 0 Å². The molecule has 0 aliphatic heterocycles. The van der Waals surface area contributed by atoms with Gasteiger partial charge in [0, 0.05) is 0 Å². The van der Waals surface area contributed by atoms with Crippen molar-refractivity contribution in [2.45, 2.75) is 58.8 Å². The molecule has 0 heterocycles. The van der Waals surface area contributed by atoms with E-state index in [1.165, 1.54) is 43.2 Å². The SMILES string of the molecule is CCCCCCc1ccc(C(C)C)cc1. The minimum Gasteiger partial charge on any atom is -0.0654 e. The zero-order valence-electron chi connectivity index (χ0n) is 10.4. The fraction of sp³-hybridized carbons (Fsp3) is 0.600. The van der Waals surface area contributed by atoms with Gasteiger partial charge in [-0.15, -0.1) is 0 Å². The molecule has 84 valence electrons. The number of benzene rings is 1. The second-order valence-electron chi connectivity index (χ2n) is 4.71. The van der Waals surface area contributed by atoms with Gasteiger partial charge in [0.25, 0.3) is 0 Å². The minimum absolute atomic E-state index is 0.652. The van der Waals surface area contributed by atoms with Gasteiger partial charge in [-0.05, 0) is 29.9 Å². The molecule has 0 bridgehead atoms. The molecule has 0 saturated carbocycles. The third-order valence-corrected chi connectivity index (χ3v) is 2.97. The summed E-state index contributed by atoms with van der Waals surface area (Å²) in [5, 5.41) is 0. The molecule has 0 saturated heterocycles. The van der Waals surface area contributed by atoms with E-state index >= 15 is 0 Å². The first-order chi connectivity index (χ1) is 7.24. The Bertz CT molecular complexity index is 256.